The minimum absolute atomic E-state index is 0.0768. The van der Waals surface area contributed by atoms with Gasteiger partial charge in [-0.25, -0.2) is 4.79 Å². The van der Waals surface area contributed by atoms with Crippen LogP contribution in [0.5, 0.6) is 0 Å². The van der Waals surface area contributed by atoms with Crippen LogP contribution in [0.3, 0.4) is 0 Å². The fraction of sp³-hybridized carbons (Fsp3) is 0.375. The van der Waals surface area contributed by atoms with Gasteiger partial charge >= 0.3 is 12.1 Å². The predicted octanol–water partition coefficient (Wildman–Crippen LogP) is 3.48. The number of carbonyl (C=O) groups excluding carboxylic acids is 2. The molecule has 7 nitrogen and oxygen atoms in total. The summed E-state index contributed by atoms with van der Waals surface area (Å²) in [4.78, 5) is 37.2. The average molecular weight is 424 g/mol. The van der Waals surface area contributed by atoms with E-state index < -0.39 is 30.6 Å². The van der Waals surface area contributed by atoms with Gasteiger partial charge in [0.1, 0.15) is 19.2 Å². The van der Waals surface area contributed by atoms with Crippen molar-refractivity contribution in [2.75, 3.05) is 20.2 Å². The zero-order valence-electron chi connectivity index (χ0n) is 18.0. The Bertz CT molecular complexity index is 926. The molecule has 0 unspecified atom stereocenters. The SMILES string of the molecule is CC(C)C[C@H](NC(=O)OCC1c2ccccc2-c2ccccc21)C(=O)N(C)CC(=O)O. The van der Waals surface area contributed by atoms with Crippen molar-refractivity contribution in [1.29, 1.82) is 0 Å². The molecular weight excluding hydrogens is 396 g/mol. The van der Waals surface area contributed by atoms with Crippen LogP contribution in [0.4, 0.5) is 4.79 Å². The molecule has 31 heavy (non-hydrogen) atoms. The number of alkyl carbamates (subject to hydrolysis) is 1. The molecule has 2 N–H and O–H groups in total. The maximum atomic E-state index is 12.6. The number of ether oxygens (including phenoxy) is 1. The van der Waals surface area contributed by atoms with Crippen LogP contribution in [0, 0.1) is 5.92 Å². The van der Waals surface area contributed by atoms with Crippen molar-refractivity contribution in [3.05, 3.63) is 59.7 Å². The van der Waals surface area contributed by atoms with Crippen LogP contribution in [-0.4, -0.2) is 54.2 Å². The van der Waals surface area contributed by atoms with Crippen LogP contribution in [0.1, 0.15) is 37.3 Å². The molecule has 0 aliphatic heterocycles. The molecule has 0 spiro atoms. The fourth-order valence-electron chi connectivity index (χ4n) is 4.02. The number of carboxylic acid groups (broad SMARTS) is 1. The van der Waals surface area contributed by atoms with Crippen LogP contribution in [0.2, 0.25) is 0 Å². The van der Waals surface area contributed by atoms with Gasteiger partial charge in [0, 0.05) is 13.0 Å². The topological polar surface area (TPSA) is 95.9 Å². The molecule has 1 aliphatic rings. The van der Waals surface area contributed by atoms with E-state index in [0.717, 1.165) is 27.2 Å². The lowest BCUT2D eigenvalue weighted by atomic mass is 9.98. The van der Waals surface area contributed by atoms with E-state index in [4.69, 9.17) is 9.84 Å². The maximum absolute atomic E-state index is 12.6. The second-order valence-corrected chi connectivity index (χ2v) is 8.24. The van der Waals surface area contributed by atoms with E-state index in [2.05, 4.69) is 17.4 Å². The number of rotatable bonds is 8. The first-order chi connectivity index (χ1) is 14.8. The zero-order valence-corrected chi connectivity index (χ0v) is 18.0. The van der Waals surface area contributed by atoms with Crippen molar-refractivity contribution in [3.63, 3.8) is 0 Å². The Morgan fingerprint density at radius 1 is 1.03 bits per heavy atom. The van der Waals surface area contributed by atoms with Crippen LogP contribution < -0.4 is 5.32 Å². The van der Waals surface area contributed by atoms with E-state index >= 15 is 0 Å². The summed E-state index contributed by atoms with van der Waals surface area (Å²) in [6.45, 7) is 3.57. The summed E-state index contributed by atoms with van der Waals surface area (Å²) in [5.41, 5.74) is 4.48. The van der Waals surface area contributed by atoms with E-state index in [-0.39, 0.29) is 18.4 Å². The molecule has 1 aliphatic carbocycles. The number of benzene rings is 2. The number of nitrogens with one attached hydrogen (secondary N) is 1. The summed E-state index contributed by atoms with van der Waals surface area (Å²) in [6.07, 6.45) is -0.308. The summed E-state index contributed by atoms with van der Waals surface area (Å²) >= 11 is 0. The molecule has 3 rings (SSSR count). The highest BCUT2D eigenvalue weighted by Gasteiger charge is 2.30. The molecule has 0 aromatic heterocycles. The van der Waals surface area contributed by atoms with Gasteiger partial charge in [-0.2, -0.15) is 0 Å². The molecule has 7 heteroatoms. The van der Waals surface area contributed by atoms with Crippen LogP contribution in [-0.2, 0) is 14.3 Å². The summed E-state index contributed by atoms with van der Waals surface area (Å²) in [6, 6.07) is 15.2. The van der Waals surface area contributed by atoms with Crippen molar-refractivity contribution in [3.8, 4) is 11.1 Å². The number of carbonyl (C=O) groups is 3. The van der Waals surface area contributed by atoms with Gasteiger partial charge < -0.3 is 20.1 Å². The van der Waals surface area contributed by atoms with E-state index in [1.807, 2.05) is 50.2 Å². The minimum Gasteiger partial charge on any atom is -0.480 e. The fourth-order valence-corrected chi connectivity index (χ4v) is 4.02. The van der Waals surface area contributed by atoms with Crippen molar-refractivity contribution >= 4 is 18.0 Å². The Kier molecular flexibility index (Phi) is 6.95. The van der Waals surface area contributed by atoms with Crippen LogP contribution in [0.15, 0.2) is 48.5 Å². The normalized spacial score (nSPS) is 13.3. The van der Waals surface area contributed by atoms with Gasteiger partial charge in [-0.1, -0.05) is 62.4 Å². The summed E-state index contributed by atoms with van der Waals surface area (Å²) < 4.78 is 5.53. The summed E-state index contributed by atoms with van der Waals surface area (Å²) in [5.74, 6) is -1.52. The molecule has 1 atom stereocenters. The number of likely N-dealkylation sites (N-methyl/N-ethyl adjacent to an activating group) is 1. The third-order valence-corrected chi connectivity index (χ3v) is 5.39. The number of carboxylic acids is 1. The molecule has 2 aromatic rings. The number of nitrogens with zero attached hydrogens (tertiary/aromatic N) is 1. The van der Waals surface area contributed by atoms with E-state index in [0.29, 0.717) is 6.42 Å². The monoisotopic (exact) mass is 424 g/mol. The first kappa shape index (κ1) is 22.3. The molecule has 2 aromatic carbocycles. The van der Waals surface area contributed by atoms with Gasteiger partial charge in [0.15, 0.2) is 0 Å². The molecule has 164 valence electrons. The first-order valence-electron chi connectivity index (χ1n) is 10.4. The quantitative estimate of drug-likeness (QED) is 0.676. The van der Waals surface area contributed by atoms with Gasteiger partial charge in [-0.3, -0.25) is 9.59 Å². The Hall–Kier alpha value is -3.35. The van der Waals surface area contributed by atoms with Gasteiger partial charge in [0.2, 0.25) is 5.91 Å². The molecule has 0 bridgehead atoms. The standard InChI is InChI=1S/C24H28N2O5/c1-15(2)12-21(23(29)26(3)13-22(27)28)25-24(30)31-14-20-18-10-6-4-8-16(18)17-9-5-7-11-19(17)20/h4-11,15,20-21H,12-14H2,1-3H3,(H,25,30)(H,27,28)/t21-/m0/s1. The lowest BCUT2D eigenvalue weighted by Crippen LogP contribution is -2.49. The second-order valence-electron chi connectivity index (χ2n) is 8.24. The van der Waals surface area contributed by atoms with E-state index in [1.165, 1.54) is 7.05 Å². The van der Waals surface area contributed by atoms with Crippen molar-refractivity contribution < 1.29 is 24.2 Å². The smallest absolute Gasteiger partial charge is 0.407 e. The second kappa shape index (κ2) is 9.64. The largest absolute Gasteiger partial charge is 0.480 e. The van der Waals surface area contributed by atoms with Gasteiger partial charge in [0.05, 0.1) is 0 Å². The van der Waals surface area contributed by atoms with Crippen molar-refractivity contribution in [2.24, 2.45) is 5.92 Å². The molecular formula is C24H28N2O5. The van der Waals surface area contributed by atoms with Crippen LogP contribution >= 0.6 is 0 Å². The molecule has 0 radical (unpaired) electrons. The van der Waals surface area contributed by atoms with E-state index in [1.54, 1.807) is 0 Å². The van der Waals surface area contributed by atoms with Crippen molar-refractivity contribution in [1.82, 2.24) is 10.2 Å². The number of aliphatic carboxylic acids is 1. The minimum atomic E-state index is -1.11. The number of hydrogen-bond donors (Lipinski definition) is 2. The van der Waals surface area contributed by atoms with E-state index in [9.17, 15) is 14.4 Å². The molecule has 2 amide bonds. The Balaban J connectivity index is 1.68. The molecule has 0 heterocycles. The lowest BCUT2D eigenvalue weighted by molar-refractivity contribution is -0.144. The average Bonchev–Trinajstić information content (AvgIpc) is 3.04. The zero-order chi connectivity index (χ0) is 22.5. The van der Waals surface area contributed by atoms with Crippen molar-refractivity contribution in [2.45, 2.75) is 32.2 Å². The Labute approximate surface area is 182 Å². The summed E-state index contributed by atoms with van der Waals surface area (Å²) in [7, 11) is 1.41. The number of amides is 2. The predicted molar refractivity (Wildman–Crippen MR) is 117 cm³/mol. The molecule has 0 fully saturated rings. The van der Waals surface area contributed by atoms with Crippen LogP contribution in [0.25, 0.3) is 11.1 Å². The summed E-state index contributed by atoms with van der Waals surface area (Å²) in [5, 5.41) is 11.6. The highest BCUT2D eigenvalue weighted by Crippen LogP contribution is 2.44. The number of fused-ring (bicyclic) bond motifs is 3. The lowest BCUT2D eigenvalue weighted by Gasteiger charge is -2.25. The third kappa shape index (κ3) is 5.23. The Morgan fingerprint density at radius 3 is 2.10 bits per heavy atom. The van der Waals surface area contributed by atoms with Gasteiger partial charge in [0.25, 0.3) is 0 Å². The van der Waals surface area contributed by atoms with Gasteiger partial charge in [-0.05, 0) is 34.6 Å². The third-order valence-electron chi connectivity index (χ3n) is 5.39. The number of hydrogen-bond acceptors (Lipinski definition) is 4. The highest BCUT2D eigenvalue weighted by atomic mass is 16.5. The molecule has 0 saturated carbocycles. The van der Waals surface area contributed by atoms with Gasteiger partial charge in [-0.15, -0.1) is 0 Å². The molecule has 0 saturated heterocycles. The maximum Gasteiger partial charge on any atom is 0.407 e. The first-order valence-corrected chi connectivity index (χ1v) is 10.4. The highest BCUT2D eigenvalue weighted by molar-refractivity contribution is 5.88. The Morgan fingerprint density at radius 2 is 1.58 bits per heavy atom.